The van der Waals surface area contributed by atoms with Crippen LogP contribution in [0.15, 0.2) is 17.1 Å². The van der Waals surface area contributed by atoms with Crippen molar-refractivity contribution in [1.82, 2.24) is 4.90 Å². The van der Waals surface area contributed by atoms with Crippen molar-refractivity contribution >= 4 is 18.0 Å². The fourth-order valence-electron chi connectivity index (χ4n) is 2.03. The fraction of sp³-hybridized carbons (Fsp3) is 0.556. The number of benzene rings is 1. The van der Waals surface area contributed by atoms with E-state index in [1.165, 1.54) is 0 Å². The molecule has 0 unspecified atom stereocenters. The lowest BCUT2D eigenvalue weighted by molar-refractivity contribution is 0.00248. The average molecular weight is 340 g/mol. The van der Waals surface area contributed by atoms with Crippen LogP contribution in [0.5, 0.6) is 0 Å². The molecule has 0 bridgehead atoms. The van der Waals surface area contributed by atoms with Crippen molar-refractivity contribution in [3.05, 3.63) is 28.8 Å². The largest absolute Gasteiger partial charge is 0.462 e. The maximum atomic E-state index is 12.7. The lowest BCUT2D eigenvalue weighted by atomic mass is 10.0. The topological polar surface area (TPSA) is 41.9 Å². The minimum atomic E-state index is -2.73. The van der Waals surface area contributed by atoms with Gasteiger partial charge in [0.2, 0.25) is 5.92 Å². The zero-order valence-corrected chi connectivity index (χ0v) is 15.0. The first kappa shape index (κ1) is 20.1. The van der Waals surface area contributed by atoms with Gasteiger partial charge in [0.1, 0.15) is 0 Å². The molecule has 4 nitrogen and oxygen atoms in total. The Labute approximate surface area is 142 Å². The quantitative estimate of drug-likeness (QED) is 0.303. The van der Waals surface area contributed by atoms with E-state index in [2.05, 4.69) is 4.99 Å². The number of ether oxygens (including phenoxy) is 1. The van der Waals surface area contributed by atoms with Gasteiger partial charge in [-0.05, 0) is 57.4 Å². The van der Waals surface area contributed by atoms with Crippen LogP contribution in [0.3, 0.4) is 0 Å². The van der Waals surface area contributed by atoms with Gasteiger partial charge in [-0.15, -0.1) is 0 Å². The van der Waals surface area contributed by atoms with Crippen LogP contribution in [0, 0.1) is 13.8 Å². The molecule has 0 spiro atoms. The van der Waals surface area contributed by atoms with Gasteiger partial charge >= 0.3 is 5.97 Å². The molecule has 0 atom stereocenters. The van der Waals surface area contributed by atoms with Crippen LogP contribution in [-0.4, -0.2) is 43.3 Å². The number of nitrogens with zero attached hydrogens (tertiary/aromatic N) is 2. The van der Waals surface area contributed by atoms with Gasteiger partial charge in [0.25, 0.3) is 0 Å². The Kier molecular flexibility index (Phi) is 7.32. The smallest absolute Gasteiger partial charge is 0.338 e. The summed E-state index contributed by atoms with van der Waals surface area (Å²) in [4.78, 5) is 18.5. The zero-order valence-electron chi connectivity index (χ0n) is 15.0. The summed E-state index contributed by atoms with van der Waals surface area (Å²) in [5.74, 6) is -3.22. The predicted molar refractivity (Wildman–Crippen MR) is 92.5 cm³/mol. The number of hydrogen-bond acceptors (Lipinski definition) is 3. The third-order valence-corrected chi connectivity index (χ3v) is 3.65. The lowest BCUT2D eigenvalue weighted by Gasteiger charge is -2.12. The molecule has 0 N–H and O–H groups in total. The van der Waals surface area contributed by atoms with E-state index in [-0.39, 0.29) is 19.4 Å². The zero-order chi connectivity index (χ0) is 18.3. The Morgan fingerprint density at radius 2 is 2.00 bits per heavy atom. The third-order valence-electron chi connectivity index (χ3n) is 3.65. The molecule has 0 aliphatic carbocycles. The summed E-state index contributed by atoms with van der Waals surface area (Å²) in [6.07, 6.45) is 1.58. The molecular weight excluding hydrogens is 314 g/mol. The molecule has 0 heterocycles. The molecule has 0 radical (unpaired) electrons. The molecule has 1 rings (SSSR count). The van der Waals surface area contributed by atoms with Gasteiger partial charge in [-0.1, -0.05) is 0 Å². The summed E-state index contributed by atoms with van der Waals surface area (Å²) in [5, 5.41) is 0. The van der Waals surface area contributed by atoms with Gasteiger partial charge in [0, 0.05) is 20.0 Å². The predicted octanol–water partition coefficient (Wildman–Crippen LogP) is 4.51. The molecule has 0 aliphatic heterocycles. The van der Waals surface area contributed by atoms with Crippen LogP contribution in [0.4, 0.5) is 14.5 Å². The maximum absolute atomic E-state index is 12.7. The van der Waals surface area contributed by atoms with Crippen LogP contribution < -0.4 is 0 Å². The van der Waals surface area contributed by atoms with Gasteiger partial charge < -0.3 is 9.64 Å². The molecule has 134 valence electrons. The van der Waals surface area contributed by atoms with Gasteiger partial charge in [-0.3, -0.25) is 0 Å². The van der Waals surface area contributed by atoms with E-state index >= 15 is 0 Å². The van der Waals surface area contributed by atoms with E-state index in [4.69, 9.17) is 4.74 Å². The summed E-state index contributed by atoms with van der Waals surface area (Å²) in [6.45, 7) is 7.39. The summed E-state index contributed by atoms with van der Waals surface area (Å²) in [6, 6.07) is 3.55. The molecule has 0 saturated heterocycles. The molecule has 6 heteroatoms. The van der Waals surface area contributed by atoms with Gasteiger partial charge in [0.05, 0.1) is 24.2 Å². The Bertz CT molecular complexity index is 595. The highest BCUT2D eigenvalue weighted by Crippen LogP contribution is 2.24. The van der Waals surface area contributed by atoms with Crippen LogP contribution >= 0.6 is 0 Å². The molecule has 0 saturated carbocycles. The van der Waals surface area contributed by atoms with Gasteiger partial charge in [-0.2, -0.15) is 0 Å². The Morgan fingerprint density at radius 1 is 1.33 bits per heavy atom. The van der Waals surface area contributed by atoms with E-state index < -0.39 is 11.9 Å². The third kappa shape index (κ3) is 6.64. The number of carbonyl (C=O) groups excluding carboxylic acids is 1. The number of halogens is 2. The number of aryl methyl sites for hydroxylation is 2. The number of rotatable bonds is 8. The van der Waals surface area contributed by atoms with E-state index in [1.807, 2.05) is 31.9 Å². The van der Waals surface area contributed by atoms with Crippen molar-refractivity contribution in [2.75, 3.05) is 20.2 Å². The van der Waals surface area contributed by atoms with Crippen molar-refractivity contribution in [2.45, 2.75) is 46.5 Å². The second-order valence-electron chi connectivity index (χ2n) is 6.08. The Balaban J connectivity index is 2.74. The summed E-state index contributed by atoms with van der Waals surface area (Å²) in [7, 11) is 1.93. The fourth-order valence-corrected chi connectivity index (χ4v) is 2.03. The van der Waals surface area contributed by atoms with E-state index in [0.717, 1.165) is 30.3 Å². The number of aliphatic imine (C=N–C) groups is 1. The van der Waals surface area contributed by atoms with Gasteiger partial charge in [-0.25, -0.2) is 18.6 Å². The molecule has 0 fully saturated rings. The van der Waals surface area contributed by atoms with Crippen molar-refractivity contribution < 1.29 is 18.3 Å². The number of carbonyl (C=O) groups is 1. The van der Waals surface area contributed by atoms with E-state index in [1.54, 1.807) is 19.3 Å². The summed E-state index contributed by atoms with van der Waals surface area (Å²) < 4.78 is 30.6. The highest BCUT2D eigenvalue weighted by molar-refractivity contribution is 5.92. The Morgan fingerprint density at radius 3 is 2.58 bits per heavy atom. The highest BCUT2D eigenvalue weighted by Gasteiger charge is 2.20. The average Bonchev–Trinajstić information content (AvgIpc) is 2.50. The molecule has 1 aromatic carbocycles. The molecule has 0 amide bonds. The summed E-state index contributed by atoms with van der Waals surface area (Å²) >= 11 is 0. The minimum absolute atomic E-state index is 0.0120. The van der Waals surface area contributed by atoms with E-state index in [0.29, 0.717) is 5.56 Å². The second kappa shape index (κ2) is 8.76. The monoisotopic (exact) mass is 340 g/mol. The molecule has 0 aliphatic rings. The Hall–Kier alpha value is -1.98. The van der Waals surface area contributed by atoms with Crippen molar-refractivity contribution in [3.8, 4) is 0 Å². The lowest BCUT2D eigenvalue weighted by Crippen LogP contribution is -2.14. The minimum Gasteiger partial charge on any atom is -0.462 e. The van der Waals surface area contributed by atoms with Crippen molar-refractivity contribution in [3.63, 3.8) is 0 Å². The molecule has 24 heavy (non-hydrogen) atoms. The van der Waals surface area contributed by atoms with Crippen molar-refractivity contribution in [1.29, 1.82) is 0 Å². The summed E-state index contributed by atoms with van der Waals surface area (Å²) in [5.41, 5.74) is 2.83. The van der Waals surface area contributed by atoms with Crippen molar-refractivity contribution in [2.24, 2.45) is 4.99 Å². The van der Waals surface area contributed by atoms with Crippen LogP contribution in [0.1, 0.15) is 48.2 Å². The maximum Gasteiger partial charge on any atom is 0.338 e. The first-order chi connectivity index (χ1) is 11.1. The molecule has 0 aromatic heterocycles. The van der Waals surface area contributed by atoms with Gasteiger partial charge in [0.15, 0.2) is 0 Å². The second-order valence-corrected chi connectivity index (χ2v) is 6.08. The standard InChI is InChI=1S/C18H26F2N2O2/c1-6-22(5)12-21-16-11-13(2)15(10-14(16)3)17(23)24-9-7-8-18(4,19)20/h10-12H,6-9H2,1-5H3. The normalized spacial score (nSPS) is 11.8. The highest BCUT2D eigenvalue weighted by atomic mass is 19.3. The number of esters is 1. The van der Waals surface area contributed by atoms with Crippen LogP contribution in [0.25, 0.3) is 0 Å². The first-order valence-corrected chi connectivity index (χ1v) is 8.04. The SMILES string of the molecule is CCN(C)C=Nc1cc(C)c(C(=O)OCCCC(C)(F)F)cc1C. The van der Waals surface area contributed by atoms with E-state index in [9.17, 15) is 13.6 Å². The first-order valence-electron chi connectivity index (χ1n) is 8.04. The number of hydrogen-bond donors (Lipinski definition) is 0. The molecular formula is C18H26F2N2O2. The van der Waals surface area contributed by atoms with Crippen LogP contribution in [0.2, 0.25) is 0 Å². The number of alkyl halides is 2. The molecule has 1 aromatic rings. The van der Waals surface area contributed by atoms with Crippen LogP contribution in [-0.2, 0) is 4.74 Å².